The van der Waals surface area contributed by atoms with Crippen LogP contribution in [0.1, 0.15) is 28.9 Å². The summed E-state index contributed by atoms with van der Waals surface area (Å²) in [5.41, 5.74) is 2.53. The molecule has 2 N–H and O–H groups in total. The average molecular weight is 589 g/mol. The van der Waals surface area contributed by atoms with Gasteiger partial charge in [-0.3, -0.25) is 4.79 Å². The molecule has 8 nitrogen and oxygen atoms in total. The number of nitrogens with zero attached hydrogens (tertiary/aromatic N) is 2. The molecule has 4 aromatic rings. The van der Waals surface area contributed by atoms with E-state index in [0.717, 1.165) is 17.0 Å². The van der Waals surface area contributed by atoms with E-state index in [1.54, 1.807) is 32.2 Å². The molecule has 0 aromatic heterocycles. The number of benzene rings is 4. The predicted molar refractivity (Wildman–Crippen MR) is 163 cm³/mol. The Labute approximate surface area is 245 Å². The molecule has 1 aliphatic rings. The van der Waals surface area contributed by atoms with E-state index >= 15 is 0 Å². The minimum atomic E-state index is -4.04. The molecule has 0 bridgehead atoms. The highest BCUT2D eigenvalue weighted by Gasteiger charge is 2.27. The van der Waals surface area contributed by atoms with Crippen molar-refractivity contribution >= 4 is 33.0 Å². The standard InChI is InChI=1S/C32H33FN4O4S/c1-23(24-8-4-3-5-9-24)35-42(39,40)31-22-25(34-32(38)28-10-6-7-11-29(28)33)12-17-30(31)37-20-18-36(19-21-37)26-13-15-27(41-2)16-14-26/h3-17,22-23,35H,18-21H2,1-2H3,(H,34,38). The third kappa shape index (κ3) is 6.56. The number of amides is 1. The van der Waals surface area contributed by atoms with E-state index in [9.17, 15) is 17.6 Å². The number of methoxy groups -OCH3 is 1. The van der Waals surface area contributed by atoms with Gasteiger partial charge in [0.15, 0.2) is 0 Å². The Morgan fingerprint density at radius 2 is 1.50 bits per heavy atom. The van der Waals surface area contributed by atoms with Crippen LogP contribution in [0.2, 0.25) is 0 Å². The van der Waals surface area contributed by atoms with E-state index in [4.69, 9.17) is 4.74 Å². The van der Waals surface area contributed by atoms with Gasteiger partial charge in [-0.05, 0) is 67.1 Å². The SMILES string of the molecule is COc1ccc(N2CCN(c3ccc(NC(=O)c4ccccc4F)cc3S(=O)(=O)NC(C)c3ccccc3)CC2)cc1. The lowest BCUT2D eigenvalue weighted by molar-refractivity contribution is 0.102. The first-order valence-electron chi connectivity index (χ1n) is 13.7. The van der Waals surface area contributed by atoms with Gasteiger partial charge in [-0.1, -0.05) is 42.5 Å². The Kier molecular flexibility index (Phi) is 8.75. The second kappa shape index (κ2) is 12.6. The van der Waals surface area contributed by atoms with Gasteiger partial charge in [0.2, 0.25) is 10.0 Å². The van der Waals surface area contributed by atoms with Gasteiger partial charge < -0.3 is 19.9 Å². The molecule has 218 valence electrons. The first-order valence-corrected chi connectivity index (χ1v) is 15.1. The highest BCUT2D eigenvalue weighted by Crippen LogP contribution is 2.32. The Hall–Kier alpha value is -4.41. The summed E-state index contributed by atoms with van der Waals surface area (Å²) in [7, 11) is -2.41. The third-order valence-corrected chi connectivity index (χ3v) is 8.88. The van der Waals surface area contributed by atoms with Crippen LogP contribution in [0.3, 0.4) is 0 Å². The molecule has 4 aromatic carbocycles. The average Bonchev–Trinajstić information content (AvgIpc) is 3.01. The molecule has 0 spiro atoms. The molecule has 42 heavy (non-hydrogen) atoms. The topological polar surface area (TPSA) is 91.0 Å². The smallest absolute Gasteiger partial charge is 0.258 e. The van der Waals surface area contributed by atoms with Gasteiger partial charge in [0.25, 0.3) is 5.91 Å². The van der Waals surface area contributed by atoms with Crippen molar-refractivity contribution in [2.75, 3.05) is 48.4 Å². The fourth-order valence-electron chi connectivity index (χ4n) is 5.02. The van der Waals surface area contributed by atoms with E-state index in [1.807, 2.05) is 59.5 Å². The van der Waals surface area contributed by atoms with Crippen LogP contribution in [0.25, 0.3) is 0 Å². The maximum Gasteiger partial charge on any atom is 0.258 e. The van der Waals surface area contributed by atoms with Crippen molar-refractivity contribution in [1.29, 1.82) is 0 Å². The zero-order valence-electron chi connectivity index (χ0n) is 23.5. The largest absolute Gasteiger partial charge is 0.497 e. The van der Waals surface area contributed by atoms with Crippen LogP contribution < -0.4 is 24.6 Å². The first kappa shape index (κ1) is 29.1. The number of halogens is 1. The lowest BCUT2D eigenvalue weighted by Crippen LogP contribution is -2.47. The highest BCUT2D eigenvalue weighted by molar-refractivity contribution is 7.89. The minimum Gasteiger partial charge on any atom is -0.497 e. The summed E-state index contributed by atoms with van der Waals surface area (Å²) < 4.78 is 50.0. The fourth-order valence-corrected chi connectivity index (χ4v) is 6.50. The number of hydrogen-bond acceptors (Lipinski definition) is 6. The summed E-state index contributed by atoms with van der Waals surface area (Å²) >= 11 is 0. The molecule has 1 saturated heterocycles. The Morgan fingerprint density at radius 3 is 2.17 bits per heavy atom. The summed E-state index contributed by atoms with van der Waals surface area (Å²) in [6.07, 6.45) is 0. The van der Waals surface area contributed by atoms with Gasteiger partial charge in [0, 0.05) is 43.6 Å². The molecular formula is C32H33FN4O4S. The van der Waals surface area contributed by atoms with Crippen molar-refractivity contribution in [3.63, 3.8) is 0 Å². The molecule has 1 fully saturated rings. The van der Waals surface area contributed by atoms with E-state index in [2.05, 4.69) is 14.9 Å². The van der Waals surface area contributed by atoms with Gasteiger partial charge in [0.1, 0.15) is 16.5 Å². The molecule has 1 heterocycles. The molecule has 1 amide bonds. The molecule has 0 saturated carbocycles. The van der Waals surface area contributed by atoms with E-state index in [1.165, 1.54) is 24.3 Å². The van der Waals surface area contributed by atoms with E-state index in [0.29, 0.717) is 31.9 Å². The van der Waals surface area contributed by atoms with Crippen LogP contribution in [0, 0.1) is 5.82 Å². The number of ether oxygens (including phenoxy) is 1. The number of carbonyl (C=O) groups excluding carboxylic acids is 1. The first-order chi connectivity index (χ1) is 20.2. The van der Waals surface area contributed by atoms with E-state index in [-0.39, 0.29) is 16.1 Å². The van der Waals surface area contributed by atoms with Crippen LogP contribution in [-0.4, -0.2) is 47.6 Å². The molecule has 0 aliphatic carbocycles. The Morgan fingerprint density at radius 1 is 0.857 bits per heavy atom. The number of anilines is 3. The quantitative estimate of drug-likeness (QED) is 0.270. The summed E-state index contributed by atoms with van der Waals surface area (Å²) in [4.78, 5) is 17.1. The zero-order chi connectivity index (χ0) is 29.7. The van der Waals surface area contributed by atoms with Crippen LogP contribution in [0.15, 0.2) is 102 Å². The molecule has 1 unspecified atom stereocenters. The van der Waals surface area contributed by atoms with Crippen molar-refractivity contribution in [2.24, 2.45) is 0 Å². The van der Waals surface area contributed by atoms with Gasteiger partial charge in [-0.2, -0.15) is 0 Å². The molecule has 10 heteroatoms. The van der Waals surface area contributed by atoms with Crippen LogP contribution in [0.5, 0.6) is 5.75 Å². The number of nitrogens with one attached hydrogen (secondary N) is 2. The fraction of sp³-hybridized carbons (Fsp3) is 0.219. The van der Waals surface area contributed by atoms with Crippen LogP contribution in [-0.2, 0) is 10.0 Å². The van der Waals surface area contributed by atoms with Gasteiger partial charge >= 0.3 is 0 Å². The lowest BCUT2D eigenvalue weighted by atomic mass is 10.1. The summed E-state index contributed by atoms with van der Waals surface area (Å²) in [6.45, 7) is 4.33. The monoisotopic (exact) mass is 588 g/mol. The normalized spacial score (nSPS) is 14.4. The highest BCUT2D eigenvalue weighted by atomic mass is 32.2. The second-order valence-electron chi connectivity index (χ2n) is 10.0. The molecule has 1 atom stereocenters. The second-order valence-corrected chi connectivity index (χ2v) is 11.7. The van der Waals surface area contributed by atoms with E-state index < -0.39 is 27.8 Å². The maximum atomic E-state index is 14.2. The Bertz CT molecular complexity index is 1640. The number of rotatable bonds is 9. The zero-order valence-corrected chi connectivity index (χ0v) is 24.3. The van der Waals surface area contributed by atoms with Crippen molar-refractivity contribution in [1.82, 2.24) is 4.72 Å². The molecular weight excluding hydrogens is 555 g/mol. The van der Waals surface area contributed by atoms with Gasteiger partial charge in [0.05, 0.1) is 18.4 Å². The molecule has 0 radical (unpaired) electrons. The third-order valence-electron chi connectivity index (χ3n) is 7.32. The number of hydrogen-bond donors (Lipinski definition) is 2. The predicted octanol–water partition coefficient (Wildman–Crippen LogP) is 5.45. The van der Waals surface area contributed by atoms with Crippen LogP contribution >= 0.6 is 0 Å². The molecule has 5 rings (SSSR count). The van der Waals surface area contributed by atoms with Crippen molar-refractivity contribution in [2.45, 2.75) is 17.9 Å². The van der Waals surface area contributed by atoms with Crippen molar-refractivity contribution < 1.29 is 22.3 Å². The summed E-state index contributed by atoms with van der Waals surface area (Å²) in [6, 6.07) is 27.1. The summed E-state index contributed by atoms with van der Waals surface area (Å²) in [5, 5.41) is 2.66. The Balaban J connectivity index is 1.42. The van der Waals surface area contributed by atoms with Crippen molar-refractivity contribution in [3.8, 4) is 5.75 Å². The number of sulfonamides is 1. The van der Waals surface area contributed by atoms with Gasteiger partial charge in [-0.25, -0.2) is 17.5 Å². The van der Waals surface area contributed by atoms with Crippen LogP contribution in [0.4, 0.5) is 21.5 Å². The van der Waals surface area contributed by atoms with Gasteiger partial charge in [-0.15, -0.1) is 0 Å². The summed E-state index contributed by atoms with van der Waals surface area (Å²) in [5.74, 6) is -0.540. The maximum absolute atomic E-state index is 14.2. The number of carbonyl (C=O) groups is 1. The number of piperazine rings is 1. The minimum absolute atomic E-state index is 0.0366. The molecule has 1 aliphatic heterocycles. The van der Waals surface area contributed by atoms with Crippen molar-refractivity contribution in [3.05, 3.63) is 114 Å². The lowest BCUT2D eigenvalue weighted by Gasteiger charge is -2.38.